The Balaban J connectivity index is 0.782. The minimum atomic E-state index is -0.433. The van der Waals surface area contributed by atoms with Gasteiger partial charge in [0.2, 0.25) is 0 Å². The van der Waals surface area contributed by atoms with Crippen LogP contribution in [0, 0.1) is 0 Å². The molecule has 2 unspecified atom stereocenters. The van der Waals surface area contributed by atoms with Crippen molar-refractivity contribution in [2.75, 3.05) is 0 Å². The first-order chi connectivity index (χ1) is 40.2. The second-order valence-electron chi connectivity index (χ2n) is 21.6. The molecule has 13 aromatic rings. The minimum Gasteiger partial charge on any atom is -0.208 e. The van der Waals surface area contributed by atoms with Crippen molar-refractivity contribution in [1.82, 2.24) is 29.9 Å². The van der Waals surface area contributed by atoms with Gasteiger partial charge < -0.3 is 0 Å². The Bertz CT molecular complexity index is 4620. The molecule has 1 spiro atoms. The summed E-state index contributed by atoms with van der Waals surface area (Å²) in [6.07, 6.45) is 0. The SMILES string of the molecule is c1ccc(-c2nc(-c3ccccc3)nc(-c3ccc4c(c3)C3c5ccccc5C4c4cc(-c5nc(-c6ccccc6)nc(-c6cccc(-c7cccc8c7-c7ccccc7C87c8ccccc8-c8ccccc87)c6)n5)ccc43)n2)cc1. The van der Waals surface area contributed by atoms with Crippen LogP contribution in [0.4, 0.5) is 0 Å². The van der Waals surface area contributed by atoms with Gasteiger partial charge in [0.25, 0.3) is 0 Å². The molecule has 5 aliphatic carbocycles. The molecule has 0 amide bonds. The van der Waals surface area contributed by atoms with E-state index in [0.29, 0.717) is 34.9 Å². The Morgan fingerprint density at radius 2 is 0.531 bits per heavy atom. The van der Waals surface area contributed by atoms with E-state index < -0.39 is 5.41 Å². The Kier molecular flexibility index (Phi) is 9.95. The van der Waals surface area contributed by atoms with Gasteiger partial charge in [-0.2, -0.15) is 0 Å². The van der Waals surface area contributed by atoms with Crippen LogP contribution in [0.5, 0.6) is 0 Å². The predicted octanol–water partition coefficient (Wildman–Crippen LogP) is 17.1. The summed E-state index contributed by atoms with van der Waals surface area (Å²) in [6.45, 7) is 0. The smallest absolute Gasteiger partial charge is 0.164 e. The zero-order chi connectivity index (χ0) is 53.2. The molecule has 0 aliphatic heterocycles. The maximum absolute atomic E-state index is 5.41. The van der Waals surface area contributed by atoms with Crippen molar-refractivity contribution in [3.63, 3.8) is 0 Å². The summed E-state index contributed by atoms with van der Waals surface area (Å²) in [7, 11) is 0. The van der Waals surface area contributed by atoms with Gasteiger partial charge >= 0.3 is 0 Å². The lowest BCUT2D eigenvalue weighted by Crippen LogP contribution is -2.27. The zero-order valence-corrected chi connectivity index (χ0v) is 43.7. The van der Waals surface area contributed by atoms with Crippen molar-refractivity contribution >= 4 is 0 Å². The van der Waals surface area contributed by atoms with E-state index in [1.165, 1.54) is 83.5 Å². The third-order valence-electron chi connectivity index (χ3n) is 17.4. The Labute approximate surface area is 469 Å². The molecule has 11 aromatic carbocycles. The van der Waals surface area contributed by atoms with Crippen LogP contribution < -0.4 is 0 Å². The molecule has 5 aliphatic rings. The second kappa shape index (κ2) is 17.7. The molecule has 2 aromatic heterocycles. The fraction of sp³-hybridized carbons (Fsp3) is 0.0400. The fourth-order valence-corrected chi connectivity index (χ4v) is 14.0. The van der Waals surface area contributed by atoms with Crippen LogP contribution in [-0.4, -0.2) is 29.9 Å². The maximum Gasteiger partial charge on any atom is 0.164 e. The molecule has 6 heteroatoms. The van der Waals surface area contributed by atoms with Gasteiger partial charge in [-0.25, -0.2) is 29.9 Å². The summed E-state index contributed by atoms with van der Waals surface area (Å²) in [5, 5.41) is 0. The van der Waals surface area contributed by atoms with Gasteiger partial charge in [0, 0.05) is 45.2 Å². The number of hydrogen-bond donors (Lipinski definition) is 0. The molecule has 2 atom stereocenters. The molecule has 0 fully saturated rings. The summed E-state index contributed by atoms with van der Waals surface area (Å²) in [6, 6.07) is 95.9. The highest BCUT2D eigenvalue weighted by atomic mass is 15.0. The van der Waals surface area contributed by atoms with E-state index in [1.54, 1.807) is 0 Å². The third kappa shape index (κ3) is 6.80. The normalized spacial score (nSPS) is 15.0. The van der Waals surface area contributed by atoms with Crippen molar-refractivity contribution in [3.05, 3.63) is 323 Å². The van der Waals surface area contributed by atoms with E-state index in [0.717, 1.165) is 38.9 Å². The van der Waals surface area contributed by atoms with E-state index in [1.807, 2.05) is 54.6 Å². The zero-order valence-electron chi connectivity index (χ0n) is 43.7. The molecule has 0 radical (unpaired) electrons. The summed E-state index contributed by atoms with van der Waals surface area (Å²) in [4.78, 5) is 31.2. The van der Waals surface area contributed by atoms with E-state index in [9.17, 15) is 0 Å². The van der Waals surface area contributed by atoms with Crippen LogP contribution >= 0.6 is 0 Å². The molecule has 0 saturated heterocycles. The van der Waals surface area contributed by atoms with Crippen molar-refractivity contribution in [2.24, 2.45) is 0 Å². The van der Waals surface area contributed by atoms with Gasteiger partial charge in [0.1, 0.15) is 0 Å². The molecule has 2 heterocycles. The van der Waals surface area contributed by atoms with Crippen LogP contribution in [0.15, 0.2) is 267 Å². The lowest BCUT2D eigenvalue weighted by Gasteiger charge is -2.42. The van der Waals surface area contributed by atoms with Crippen molar-refractivity contribution in [3.8, 4) is 102 Å². The molecular weight excluding hydrogens is 985 g/mol. The Hall–Kier alpha value is -10.6. The number of rotatable bonds is 7. The molecule has 6 nitrogen and oxygen atoms in total. The van der Waals surface area contributed by atoms with Crippen LogP contribution in [0.2, 0.25) is 0 Å². The van der Waals surface area contributed by atoms with E-state index in [-0.39, 0.29) is 11.8 Å². The van der Waals surface area contributed by atoms with Gasteiger partial charge in [-0.1, -0.05) is 249 Å². The largest absolute Gasteiger partial charge is 0.208 e. The monoisotopic (exact) mass is 1030 g/mol. The van der Waals surface area contributed by atoms with Gasteiger partial charge in [0.05, 0.1) is 5.41 Å². The van der Waals surface area contributed by atoms with Crippen LogP contribution in [0.1, 0.15) is 67.5 Å². The highest BCUT2D eigenvalue weighted by Gasteiger charge is 2.52. The van der Waals surface area contributed by atoms with Gasteiger partial charge in [-0.15, -0.1) is 0 Å². The quantitative estimate of drug-likeness (QED) is 0.158. The van der Waals surface area contributed by atoms with Crippen LogP contribution in [0.3, 0.4) is 0 Å². The topological polar surface area (TPSA) is 77.3 Å². The van der Waals surface area contributed by atoms with E-state index in [2.05, 4.69) is 212 Å². The van der Waals surface area contributed by atoms with Gasteiger partial charge in [0.15, 0.2) is 34.9 Å². The Morgan fingerprint density at radius 3 is 1.01 bits per heavy atom. The first-order valence-electron chi connectivity index (χ1n) is 27.7. The molecule has 18 rings (SSSR count). The lowest BCUT2D eigenvalue weighted by atomic mass is 9.61. The molecular formula is C75H46N6. The summed E-state index contributed by atoms with van der Waals surface area (Å²) >= 11 is 0. The van der Waals surface area contributed by atoms with Crippen molar-refractivity contribution < 1.29 is 0 Å². The lowest BCUT2D eigenvalue weighted by molar-refractivity contribution is 0.754. The van der Waals surface area contributed by atoms with Crippen molar-refractivity contribution in [2.45, 2.75) is 17.3 Å². The van der Waals surface area contributed by atoms with Crippen molar-refractivity contribution in [1.29, 1.82) is 0 Å². The predicted molar refractivity (Wildman–Crippen MR) is 322 cm³/mol. The maximum atomic E-state index is 5.41. The summed E-state index contributed by atoms with van der Waals surface area (Å²) < 4.78 is 0. The summed E-state index contributed by atoms with van der Waals surface area (Å²) in [5.74, 6) is 3.82. The van der Waals surface area contributed by atoms with E-state index in [4.69, 9.17) is 29.9 Å². The molecule has 0 saturated carbocycles. The first-order valence-corrected chi connectivity index (χ1v) is 27.7. The highest BCUT2D eigenvalue weighted by molar-refractivity contribution is 6.00. The van der Waals surface area contributed by atoms with Crippen LogP contribution in [-0.2, 0) is 5.41 Å². The third-order valence-corrected chi connectivity index (χ3v) is 17.4. The average molecular weight is 1030 g/mol. The number of aromatic nitrogens is 6. The minimum absolute atomic E-state index is 0.00189. The first kappa shape index (κ1) is 45.5. The van der Waals surface area contributed by atoms with Gasteiger partial charge in [-0.3, -0.25) is 0 Å². The molecule has 2 bridgehead atoms. The average Bonchev–Trinajstić information content (AvgIpc) is 3.78. The van der Waals surface area contributed by atoms with Gasteiger partial charge in [-0.05, 0) is 107 Å². The number of nitrogens with zero attached hydrogens (tertiary/aromatic N) is 6. The molecule has 0 N–H and O–H groups in total. The fourth-order valence-electron chi connectivity index (χ4n) is 14.0. The Morgan fingerprint density at radius 1 is 0.210 bits per heavy atom. The molecule has 376 valence electrons. The number of benzene rings is 11. The summed E-state index contributed by atoms with van der Waals surface area (Å²) in [5.41, 5.74) is 25.7. The number of hydrogen-bond acceptors (Lipinski definition) is 6. The second-order valence-corrected chi connectivity index (χ2v) is 21.6. The number of fused-ring (bicyclic) bond motifs is 10. The van der Waals surface area contributed by atoms with Crippen LogP contribution in [0.25, 0.3) is 102 Å². The highest BCUT2D eigenvalue weighted by Crippen LogP contribution is 2.64. The van der Waals surface area contributed by atoms with E-state index >= 15 is 0 Å². The molecule has 81 heavy (non-hydrogen) atoms. The standard InChI is InChI=1S/C75H46N6/c1-4-20-45(21-5-1)69-76-70(46-22-6-2-7-23-46)79-73(78-69)50-38-40-57-60(43-50)66-55-30-10-11-31-56(55)67(57)61-44-51(39-41-58(61)66)74-80-71(47-24-8-3-9-25-47)77-72(81-74)49-27-18-26-48(42-49)52-33-19-37-65-68(52)59-32-14-17-36-64(59)75(65)62-34-15-12-28-53(62)54-29-13-16-35-63(54)75/h1-44,66-67H.